The zero-order chi connectivity index (χ0) is 24.4. The van der Waals surface area contributed by atoms with Crippen LogP contribution in [0.5, 0.6) is 0 Å². The van der Waals surface area contributed by atoms with Crippen LogP contribution >= 0.6 is 0 Å². The second kappa shape index (κ2) is 9.34. The average Bonchev–Trinajstić information content (AvgIpc) is 3.31. The van der Waals surface area contributed by atoms with Gasteiger partial charge in [-0.3, -0.25) is 4.79 Å². The maximum absolute atomic E-state index is 13.6. The Bertz CT molecular complexity index is 1320. The van der Waals surface area contributed by atoms with Crippen LogP contribution in [0.15, 0.2) is 61.2 Å². The van der Waals surface area contributed by atoms with Crippen LogP contribution in [0.1, 0.15) is 22.2 Å². The van der Waals surface area contributed by atoms with Crippen molar-refractivity contribution in [1.29, 1.82) is 0 Å². The van der Waals surface area contributed by atoms with Crippen LogP contribution in [-0.4, -0.2) is 58.3 Å². The molecule has 3 aromatic heterocycles. The summed E-state index contributed by atoms with van der Waals surface area (Å²) >= 11 is 0. The number of H-pyrrole nitrogens is 1. The van der Waals surface area contributed by atoms with Crippen molar-refractivity contribution < 1.29 is 22.7 Å². The molecule has 1 amide bonds. The van der Waals surface area contributed by atoms with Crippen LogP contribution in [0.25, 0.3) is 22.2 Å². The largest absolute Gasteiger partial charge is 0.412 e. The van der Waals surface area contributed by atoms with Crippen molar-refractivity contribution in [2.24, 2.45) is 0 Å². The molecule has 0 saturated carbocycles. The fraction of sp³-hybridized carbons (Fsp3) is 0.250. The van der Waals surface area contributed by atoms with Gasteiger partial charge in [-0.2, -0.15) is 13.2 Å². The molecule has 4 aromatic rings. The van der Waals surface area contributed by atoms with E-state index in [2.05, 4.69) is 24.8 Å². The van der Waals surface area contributed by atoms with E-state index in [0.717, 1.165) is 29.7 Å². The molecule has 1 aliphatic rings. The van der Waals surface area contributed by atoms with Gasteiger partial charge in [0.1, 0.15) is 5.65 Å². The van der Waals surface area contributed by atoms with E-state index in [1.165, 1.54) is 36.7 Å². The summed E-state index contributed by atoms with van der Waals surface area (Å²) in [7, 11) is 0. The SMILES string of the molecule is O=C(N[C@@H](c1ccccc1)C(F)(F)F)c1ncc(-c2c[nH]c3ncc(N4CCOCC4)cc23)cn1. The van der Waals surface area contributed by atoms with Gasteiger partial charge in [-0.1, -0.05) is 30.3 Å². The molecule has 1 aromatic carbocycles. The number of pyridine rings is 1. The van der Waals surface area contributed by atoms with Gasteiger partial charge in [0.05, 0.1) is 25.1 Å². The second-order valence-corrected chi connectivity index (χ2v) is 8.05. The molecule has 2 N–H and O–H groups in total. The van der Waals surface area contributed by atoms with Crippen molar-refractivity contribution in [2.75, 3.05) is 31.2 Å². The van der Waals surface area contributed by atoms with E-state index >= 15 is 0 Å². The minimum Gasteiger partial charge on any atom is -0.378 e. The molecule has 1 fully saturated rings. The van der Waals surface area contributed by atoms with Crippen LogP contribution in [0.3, 0.4) is 0 Å². The van der Waals surface area contributed by atoms with Crippen LogP contribution in [0.2, 0.25) is 0 Å². The van der Waals surface area contributed by atoms with Crippen molar-refractivity contribution in [1.82, 2.24) is 25.3 Å². The molecular weight excluding hydrogens is 461 g/mol. The number of carbonyl (C=O) groups excluding carboxylic acids is 1. The third kappa shape index (κ3) is 4.80. The number of hydrogen-bond donors (Lipinski definition) is 2. The number of carbonyl (C=O) groups is 1. The van der Waals surface area contributed by atoms with Gasteiger partial charge < -0.3 is 19.9 Å². The Morgan fingerprint density at radius 1 is 1.06 bits per heavy atom. The molecule has 4 heterocycles. The number of aromatic nitrogens is 4. The zero-order valence-electron chi connectivity index (χ0n) is 18.4. The molecule has 35 heavy (non-hydrogen) atoms. The summed E-state index contributed by atoms with van der Waals surface area (Å²) in [6, 6.07) is 7.01. The third-order valence-electron chi connectivity index (χ3n) is 5.79. The van der Waals surface area contributed by atoms with Gasteiger partial charge in [0.25, 0.3) is 5.91 Å². The van der Waals surface area contributed by atoms with Gasteiger partial charge in [-0.15, -0.1) is 0 Å². The number of halogens is 3. The topological polar surface area (TPSA) is 96.0 Å². The lowest BCUT2D eigenvalue weighted by atomic mass is 10.1. The molecule has 0 radical (unpaired) electrons. The fourth-order valence-electron chi connectivity index (χ4n) is 4.01. The molecular formula is C24H21F3N6O2. The number of rotatable bonds is 5. The van der Waals surface area contributed by atoms with Crippen LogP contribution in [0, 0.1) is 0 Å². The number of aromatic amines is 1. The van der Waals surface area contributed by atoms with E-state index in [-0.39, 0.29) is 11.4 Å². The first-order valence-electron chi connectivity index (χ1n) is 10.9. The van der Waals surface area contributed by atoms with Gasteiger partial charge in [0.2, 0.25) is 5.82 Å². The van der Waals surface area contributed by atoms with E-state index in [4.69, 9.17) is 4.74 Å². The number of morpholine rings is 1. The lowest BCUT2D eigenvalue weighted by molar-refractivity contribution is -0.155. The van der Waals surface area contributed by atoms with E-state index < -0.39 is 18.1 Å². The number of alkyl halides is 3. The van der Waals surface area contributed by atoms with E-state index in [1.54, 1.807) is 18.5 Å². The van der Waals surface area contributed by atoms with Crippen LogP contribution in [-0.2, 0) is 4.74 Å². The third-order valence-corrected chi connectivity index (χ3v) is 5.79. The number of nitrogens with zero attached hydrogens (tertiary/aromatic N) is 4. The van der Waals surface area contributed by atoms with Crippen molar-refractivity contribution in [2.45, 2.75) is 12.2 Å². The molecule has 1 aliphatic heterocycles. The summed E-state index contributed by atoms with van der Waals surface area (Å²) in [5.74, 6) is -1.37. The van der Waals surface area contributed by atoms with Crippen molar-refractivity contribution in [3.05, 3.63) is 72.6 Å². The average molecular weight is 482 g/mol. The first kappa shape index (κ1) is 22.8. The van der Waals surface area contributed by atoms with Gasteiger partial charge in [0.15, 0.2) is 6.04 Å². The first-order chi connectivity index (χ1) is 16.9. The molecule has 0 unspecified atom stereocenters. The highest BCUT2D eigenvalue weighted by molar-refractivity contribution is 5.95. The van der Waals surface area contributed by atoms with E-state index in [0.29, 0.717) is 24.4 Å². The number of hydrogen-bond acceptors (Lipinski definition) is 6. The van der Waals surface area contributed by atoms with Crippen molar-refractivity contribution in [3.63, 3.8) is 0 Å². The number of ether oxygens (including phenoxy) is 1. The van der Waals surface area contributed by atoms with Gasteiger partial charge in [-0.05, 0) is 11.6 Å². The molecule has 0 spiro atoms. The maximum Gasteiger partial charge on any atom is 0.412 e. The highest BCUT2D eigenvalue weighted by atomic mass is 19.4. The van der Waals surface area contributed by atoms with Gasteiger partial charge in [0, 0.05) is 48.2 Å². The predicted octanol–water partition coefficient (Wildman–Crippen LogP) is 3.89. The summed E-state index contributed by atoms with van der Waals surface area (Å²) < 4.78 is 46.1. The zero-order valence-corrected chi connectivity index (χ0v) is 18.4. The summed E-state index contributed by atoms with van der Waals surface area (Å²) in [5.41, 5.74) is 2.93. The molecule has 0 aliphatic carbocycles. The monoisotopic (exact) mass is 482 g/mol. The molecule has 1 saturated heterocycles. The summed E-state index contributed by atoms with van der Waals surface area (Å²) in [6.45, 7) is 2.83. The Hall–Kier alpha value is -3.99. The Morgan fingerprint density at radius 2 is 1.77 bits per heavy atom. The number of fused-ring (bicyclic) bond motifs is 1. The van der Waals surface area contributed by atoms with E-state index in [9.17, 15) is 18.0 Å². The Labute approximate surface area is 198 Å². The molecule has 11 heteroatoms. The Kier molecular flexibility index (Phi) is 6.08. The first-order valence-corrected chi connectivity index (χ1v) is 10.9. The summed E-state index contributed by atoms with van der Waals surface area (Å²) in [6.07, 6.45) is 1.70. The van der Waals surface area contributed by atoms with Crippen LogP contribution in [0.4, 0.5) is 18.9 Å². The highest BCUT2D eigenvalue weighted by Crippen LogP contribution is 2.33. The lowest BCUT2D eigenvalue weighted by Gasteiger charge is -2.28. The van der Waals surface area contributed by atoms with Crippen molar-refractivity contribution in [3.8, 4) is 11.1 Å². The lowest BCUT2D eigenvalue weighted by Crippen LogP contribution is -2.38. The van der Waals surface area contributed by atoms with Gasteiger partial charge >= 0.3 is 6.18 Å². The standard InChI is InChI=1S/C24H21F3N6O2/c25-24(26,27)20(15-4-2-1-3-5-15)32-23(34)22-28-11-16(12-29-22)19-14-31-21-18(19)10-17(13-30-21)33-6-8-35-9-7-33/h1-5,10-14,20H,6-9H2,(H,30,31)(H,32,34)/t20-/m0/s1. The maximum atomic E-state index is 13.6. The quantitative estimate of drug-likeness (QED) is 0.448. The number of anilines is 1. The summed E-state index contributed by atoms with van der Waals surface area (Å²) in [5, 5.41) is 2.84. The molecule has 180 valence electrons. The Balaban J connectivity index is 1.38. The molecule has 1 atom stereocenters. The minimum atomic E-state index is -4.67. The molecule has 5 rings (SSSR count). The number of nitrogens with one attached hydrogen (secondary N) is 2. The highest BCUT2D eigenvalue weighted by Gasteiger charge is 2.42. The van der Waals surface area contributed by atoms with Crippen molar-refractivity contribution >= 4 is 22.6 Å². The predicted molar refractivity (Wildman–Crippen MR) is 123 cm³/mol. The number of amides is 1. The molecule has 0 bridgehead atoms. The molecule has 8 nitrogen and oxygen atoms in total. The fourth-order valence-corrected chi connectivity index (χ4v) is 4.01. The van der Waals surface area contributed by atoms with E-state index in [1.807, 2.05) is 11.4 Å². The minimum absolute atomic E-state index is 0.0765. The smallest absolute Gasteiger partial charge is 0.378 e. The Morgan fingerprint density at radius 3 is 2.46 bits per heavy atom. The number of benzene rings is 1. The normalized spacial score (nSPS) is 15.2. The van der Waals surface area contributed by atoms with Crippen LogP contribution < -0.4 is 10.2 Å². The second-order valence-electron chi connectivity index (χ2n) is 8.05. The van der Waals surface area contributed by atoms with Gasteiger partial charge in [-0.25, -0.2) is 15.0 Å². The summed E-state index contributed by atoms with van der Waals surface area (Å²) in [4.78, 5) is 30.4.